The monoisotopic (exact) mass is 463 g/mol. The highest BCUT2D eigenvalue weighted by atomic mass is 79.9. The van der Waals surface area contributed by atoms with Crippen molar-refractivity contribution >= 4 is 50.7 Å². The Morgan fingerprint density at radius 3 is 2.39 bits per heavy atom. The normalized spacial score (nSPS) is 14.1. The third kappa shape index (κ3) is 5.06. The Morgan fingerprint density at radius 2 is 1.75 bits per heavy atom. The number of amides is 2. The lowest BCUT2D eigenvalue weighted by molar-refractivity contribution is -0.131. The summed E-state index contributed by atoms with van der Waals surface area (Å²) in [6.07, 6.45) is 1.51. The van der Waals surface area contributed by atoms with Crippen LogP contribution in [0.3, 0.4) is 0 Å². The van der Waals surface area contributed by atoms with Crippen LogP contribution in [0.4, 0.5) is 11.4 Å². The van der Waals surface area contributed by atoms with Crippen LogP contribution in [0, 0.1) is 0 Å². The number of halogens is 2. The van der Waals surface area contributed by atoms with E-state index < -0.39 is 0 Å². The average molecular weight is 465 g/mol. The first-order valence-corrected chi connectivity index (χ1v) is 10.5. The van der Waals surface area contributed by atoms with E-state index in [1.807, 2.05) is 36.1 Å². The van der Waals surface area contributed by atoms with Crippen molar-refractivity contribution in [1.82, 2.24) is 4.90 Å². The van der Waals surface area contributed by atoms with Crippen LogP contribution >= 0.6 is 27.5 Å². The van der Waals surface area contributed by atoms with Crippen LogP contribution < -0.4 is 10.2 Å². The fraction of sp³-hybridized carbons (Fsp3) is 0.333. The van der Waals surface area contributed by atoms with Gasteiger partial charge in [0, 0.05) is 48.4 Å². The van der Waals surface area contributed by atoms with Crippen molar-refractivity contribution in [3.8, 4) is 0 Å². The highest BCUT2D eigenvalue weighted by molar-refractivity contribution is 9.10. The molecule has 0 aliphatic carbocycles. The molecular weight excluding hydrogens is 442 g/mol. The number of hydrogen-bond acceptors (Lipinski definition) is 3. The zero-order chi connectivity index (χ0) is 20.1. The van der Waals surface area contributed by atoms with Gasteiger partial charge in [-0.15, -0.1) is 0 Å². The number of rotatable bonds is 5. The van der Waals surface area contributed by atoms with Gasteiger partial charge in [-0.25, -0.2) is 0 Å². The van der Waals surface area contributed by atoms with E-state index in [-0.39, 0.29) is 11.8 Å². The SMILES string of the molecule is CCCC(=O)N1CCN(c2ccc(NC(=O)c3cc(Br)ccc3Cl)cc2)CC1. The highest BCUT2D eigenvalue weighted by Gasteiger charge is 2.20. The smallest absolute Gasteiger partial charge is 0.257 e. The van der Waals surface area contributed by atoms with Gasteiger partial charge in [0.05, 0.1) is 10.6 Å². The zero-order valence-corrected chi connectivity index (χ0v) is 18.1. The van der Waals surface area contributed by atoms with E-state index in [1.54, 1.807) is 18.2 Å². The van der Waals surface area contributed by atoms with E-state index >= 15 is 0 Å². The molecule has 1 fully saturated rings. The lowest BCUT2D eigenvalue weighted by atomic mass is 10.2. The largest absolute Gasteiger partial charge is 0.368 e. The molecule has 7 heteroatoms. The topological polar surface area (TPSA) is 52.7 Å². The second-order valence-corrected chi connectivity index (χ2v) is 8.07. The molecule has 1 saturated heterocycles. The Hall–Kier alpha value is -2.05. The molecule has 1 heterocycles. The molecule has 1 N–H and O–H groups in total. The zero-order valence-electron chi connectivity index (χ0n) is 15.8. The number of benzene rings is 2. The summed E-state index contributed by atoms with van der Waals surface area (Å²) in [7, 11) is 0. The van der Waals surface area contributed by atoms with Gasteiger partial charge in [-0.2, -0.15) is 0 Å². The number of anilines is 2. The minimum Gasteiger partial charge on any atom is -0.368 e. The lowest BCUT2D eigenvalue weighted by Crippen LogP contribution is -2.48. The maximum absolute atomic E-state index is 12.5. The number of piperazine rings is 1. The maximum Gasteiger partial charge on any atom is 0.257 e. The molecule has 3 rings (SSSR count). The van der Waals surface area contributed by atoms with Crippen LogP contribution in [0.1, 0.15) is 30.1 Å². The van der Waals surface area contributed by atoms with Crippen molar-refractivity contribution in [2.24, 2.45) is 0 Å². The predicted molar refractivity (Wildman–Crippen MR) is 117 cm³/mol. The van der Waals surface area contributed by atoms with Crippen molar-refractivity contribution in [1.29, 1.82) is 0 Å². The molecule has 2 aromatic carbocycles. The third-order valence-electron chi connectivity index (χ3n) is 4.76. The van der Waals surface area contributed by atoms with E-state index in [4.69, 9.17) is 11.6 Å². The standard InChI is InChI=1S/C21H23BrClN3O2/c1-2-3-20(27)26-12-10-25(11-13-26)17-7-5-16(6-8-17)24-21(28)18-14-15(22)4-9-19(18)23/h4-9,14H,2-3,10-13H2,1H3,(H,24,28). The molecule has 0 bridgehead atoms. The van der Waals surface area contributed by atoms with Gasteiger partial charge in [-0.05, 0) is 48.9 Å². The number of nitrogens with one attached hydrogen (secondary N) is 1. The fourth-order valence-electron chi connectivity index (χ4n) is 3.21. The Balaban J connectivity index is 1.59. The van der Waals surface area contributed by atoms with Gasteiger partial charge < -0.3 is 15.1 Å². The maximum atomic E-state index is 12.5. The molecule has 0 unspecified atom stereocenters. The van der Waals surface area contributed by atoms with Crippen LogP contribution in [0.15, 0.2) is 46.9 Å². The molecule has 5 nitrogen and oxygen atoms in total. The molecule has 0 radical (unpaired) electrons. The molecule has 0 spiro atoms. The summed E-state index contributed by atoms with van der Waals surface area (Å²) in [6, 6.07) is 12.9. The Morgan fingerprint density at radius 1 is 1.07 bits per heavy atom. The number of nitrogens with zero attached hydrogens (tertiary/aromatic N) is 2. The molecule has 0 aromatic heterocycles. The average Bonchev–Trinajstić information content (AvgIpc) is 2.70. The fourth-order valence-corrected chi connectivity index (χ4v) is 3.78. The van der Waals surface area contributed by atoms with Crippen molar-refractivity contribution in [2.75, 3.05) is 36.4 Å². The summed E-state index contributed by atoms with van der Waals surface area (Å²) in [5.41, 5.74) is 2.22. The Bertz CT molecular complexity index is 849. The van der Waals surface area contributed by atoms with Crippen molar-refractivity contribution in [3.63, 3.8) is 0 Å². The third-order valence-corrected chi connectivity index (χ3v) is 5.58. The van der Waals surface area contributed by atoms with Gasteiger partial charge in [0.2, 0.25) is 5.91 Å². The van der Waals surface area contributed by atoms with E-state index in [0.29, 0.717) is 22.7 Å². The predicted octanol–water partition coefficient (Wildman–Crippen LogP) is 4.80. The van der Waals surface area contributed by atoms with Crippen LogP contribution in [0.2, 0.25) is 5.02 Å². The second kappa shape index (κ2) is 9.43. The molecule has 2 aromatic rings. The second-order valence-electron chi connectivity index (χ2n) is 6.74. The van der Waals surface area contributed by atoms with Gasteiger partial charge in [-0.3, -0.25) is 9.59 Å². The lowest BCUT2D eigenvalue weighted by Gasteiger charge is -2.36. The first-order valence-electron chi connectivity index (χ1n) is 9.37. The summed E-state index contributed by atoms with van der Waals surface area (Å²) in [5, 5.41) is 3.29. The van der Waals surface area contributed by atoms with Crippen LogP contribution in [-0.4, -0.2) is 42.9 Å². The molecule has 28 heavy (non-hydrogen) atoms. The first kappa shape index (κ1) is 20.7. The molecular formula is C21H23BrClN3O2. The minimum absolute atomic E-state index is 0.242. The molecule has 0 saturated carbocycles. The summed E-state index contributed by atoms with van der Waals surface area (Å²) >= 11 is 9.48. The number of carbonyl (C=O) groups excluding carboxylic acids is 2. The quantitative estimate of drug-likeness (QED) is 0.691. The Labute approximate surface area is 178 Å². The van der Waals surface area contributed by atoms with E-state index in [9.17, 15) is 9.59 Å². The summed E-state index contributed by atoms with van der Waals surface area (Å²) in [6.45, 7) is 5.15. The summed E-state index contributed by atoms with van der Waals surface area (Å²) < 4.78 is 0.800. The summed E-state index contributed by atoms with van der Waals surface area (Å²) in [5.74, 6) is -0.00600. The Kier molecular flexibility index (Phi) is 6.97. The molecule has 148 valence electrons. The molecule has 1 aliphatic heterocycles. The number of carbonyl (C=O) groups is 2. The van der Waals surface area contributed by atoms with Crippen molar-refractivity contribution in [2.45, 2.75) is 19.8 Å². The highest BCUT2D eigenvalue weighted by Crippen LogP contribution is 2.24. The van der Waals surface area contributed by atoms with Gasteiger partial charge in [-0.1, -0.05) is 34.5 Å². The summed E-state index contributed by atoms with van der Waals surface area (Å²) in [4.78, 5) is 28.7. The van der Waals surface area contributed by atoms with E-state index in [2.05, 4.69) is 26.1 Å². The van der Waals surface area contributed by atoms with Crippen LogP contribution in [-0.2, 0) is 4.79 Å². The van der Waals surface area contributed by atoms with Gasteiger partial charge in [0.15, 0.2) is 0 Å². The van der Waals surface area contributed by atoms with Gasteiger partial charge >= 0.3 is 0 Å². The molecule has 0 atom stereocenters. The number of hydrogen-bond donors (Lipinski definition) is 1. The van der Waals surface area contributed by atoms with Gasteiger partial charge in [0.25, 0.3) is 5.91 Å². The molecule has 2 amide bonds. The van der Waals surface area contributed by atoms with Crippen LogP contribution in [0.5, 0.6) is 0 Å². The van der Waals surface area contributed by atoms with E-state index in [1.165, 1.54) is 0 Å². The minimum atomic E-state index is -0.248. The van der Waals surface area contributed by atoms with Crippen molar-refractivity contribution < 1.29 is 9.59 Å². The van der Waals surface area contributed by atoms with E-state index in [0.717, 1.165) is 42.8 Å². The van der Waals surface area contributed by atoms with Crippen LogP contribution in [0.25, 0.3) is 0 Å². The first-order chi connectivity index (χ1) is 13.5. The van der Waals surface area contributed by atoms with Gasteiger partial charge in [0.1, 0.15) is 0 Å². The van der Waals surface area contributed by atoms with Crippen molar-refractivity contribution in [3.05, 3.63) is 57.5 Å². The molecule has 1 aliphatic rings.